The molecule has 1 unspecified atom stereocenters. The van der Waals surface area contributed by atoms with Crippen molar-refractivity contribution in [1.29, 1.82) is 0 Å². The van der Waals surface area contributed by atoms with E-state index in [0.717, 1.165) is 16.9 Å². The molecule has 4 nitrogen and oxygen atoms in total. The highest BCUT2D eigenvalue weighted by Gasteiger charge is 2.12. The maximum Gasteiger partial charge on any atom is 0.244 e. The van der Waals surface area contributed by atoms with E-state index in [0.29, 0.717) is 6.54 Å². The Kier molecular flexibility index (Phi) is 7.57. The van der Waals surface area contributed by atoms with Crippen LogP contribution in [-0.4, -0.2) is 32.9 Å². The summed E-state index contributed by atoms with van der Waals surface area (Å²) < 4.78 is 10.7. The van der Waals surface area contributed by atoms with Crippen LogP contribution in [-0.2, 0) is 9.53 Å². The first-order valence-corrected chi connectivity index (χ1v) is 9.15. The van der Waals surface area contributed by atoms with E-state index in [4.69, 9.17) is 9.47 Å². The van der Waals surface area contributed by atoms with Crippen LogP contribution < -0.4 is 10.1 Å². The molecule has 0 aliphatic rings. The van der Waals surface area contributed by atoms with Crippen LogP contribution in [0.1, 0.15) is 17.2 Å². The van der Waals surface area contributed by atoms with Crippen molar-refractivity contribution in [3.8, 4) is 5.75 Å². The summed E-state index contributed by atoms with van der Waals surface area (Å²) in [7, 11) is 3.25. The number of methoxy groups -OCH3 is 2. The summed E-state index contributed by atoms with van der Waals surface area (Å²) in [5, 5.41) is 2.87. The summed E-state index contributed by atoms with van der Waals surface area (Å²) in [5.74, 6) is 0.610. The van der Waals surface area contributed by atoms with Crippen LogP contribution in [0.5, 0.6) is 5.75 Å². The highest BCUT2D eigenvalue weighted by Crippen LogP contribution is 2.21. The monoisotopic (exact) mass is 357 g/mol. The number of ether oxygens (including phenoxy) is 2. The van der Waals surface area contributed by atoms with Gasteiger partial charge in [0, 0.05) is 24.6 Å². The lowest BCUT2D eigenvalue weighted by Crippen LogP contribution is -2.27. The number of amides is 1. The number of hydrogen-bond donors (Lipinski definition) is 1. The minimum atomic E-state index is -0.228. The maximum atomic E-state index is 12.0. The van der Waals surface area contributed by atoms with Crippen molar-refractivity contribution in [2.24, 2.45) is 0 Å². The average Bonchev–Trinajstić information content (AvgIpc) is 2.67. The van der Waals surface area contributed by atoms with Gasteiger partial charge in [-0.15, -0.1) is 11.8 Å². The van der Waals surface area contributed by atoms with Crippen LogP contribution in [0.2, 0.25) is 0 Å². The summed E-state index contributed by atoms with van der Waals surface area (Å²) in [5.41, 5.74) is 1.95. The van der Waals surface area contributed by atoms with Gasteiger partial charge in [0.2, 0.25) is 5.91 Å². The molecule has 132 valence electrons. The third-order valence-corrected chi connectivity index (χ3v) is 4.50. The first-order valence-electron chi connectivity index (χ1n) is 7.93. The molecule has 0 saturated carbocycles. The standard InChI is InChI=1S/C20H23NO3S/c1-23-17-6-4-5-16(13-17)19(24-2)14-21-20(22)12-9-15-7-10-18(25-3)11-8-15/h4-13,19H,14H2,1-3H3,(H,21,22)/b12-9+. The van der Waals surface area contributed by atoms with Gasteiger partial charge in [0.05, 0.1) is 13.2 Å². The Balaban J connectivity index is 1.91. The molecule has 2 aromatic rings. The molecule has 0 bridgehead atoms. The van der Waals surface area contributed by atoms with Crippen molar-refractivity contribution in [2.45, 2.75) is 11.0 Å². The maximum absolute atomic E-state index is 12.0. The molecule has 2 aromatic carbocycles. The zero-order chi connectivity index (χ0) is 18.1. The van der Waals surface area contributed by atoms with Crippen molar-refractivity contribution in [2.75, 3.05) is 27.0 Å². The van der Waals surface area contributed by atoms with Gasteiger partial charge in [-0.2, -0.15) is 0 Å². The van der Waals surface area contributed by atoms with Crippen LogP contribution in [0.25, 0.3) is 6.08 Å². The van der Waals surface area contributed by atoms with Crippen LogP contribution in [0.4, 0.5) is 0 Å². The molecule has 25 heavy (non-hydrogen) atoms. The molecule has 5 heteroatoms. The molecule has 1 amide bonds. The van der Waals surface area contributed by atoms with Gasteiger partial charge < -0.3 is 14.8 Å². The molecule has 1 N–H and O–H groups in total. The smallest absolute Gasteiger partial charge is 0.244 e. The zero-order valence-electron chi connectivity index (χ0n) is 14.7. The first-order chi connectivity index (χ1) is 12.2. The van der Waals surface area contributed by atoms with Gasteiger partial charge in [0.25, 0.3) is 0 Å². The summed E-state index contributed by atoms with van der Waals surface area (Å²) in [4.78, 5) is 13.2. The molecular formula is C20H23NO3S. The van der Waals surface area contributed by atoms with E-state index in [-0.39, 0.29) is 12.0 Å². The predicted molar refractivity (Wildman–Crippen MR) is 103 cm³/mol. The fourth-order valence-electron chi connectivity index (χ4n) is 2.32. The second-order valence-electron chi connectivity index (χ2n) is 5.35. The molecule has 0 aliphatic carbocycles. The van der Waals surface area contributed by atoms with Crippen LogP contribution >= 0.6 is 11.8 Å². The fraction of sp³-hybridized carbons (Fsp3) is 0.250. The summed E-state index contributed by atoms with van der Waals surface area (Å²) in [6, 6.07) is 15.7. The van der Waals surface area contributed by atoms with E-state index in [1.807, 2.05) is 54.8 Å². The van der Waals surface area contributed by atoms with Gasteiger partial charge in [-0.3, -0.25) is 4.79 Å². The van der Waals surface area contributed by atoms with Gasteiger partial charge in [-0.05, 0) is 47.7 Å². The van der Waals surface area contributed by atoms with Crippen molar-refractivity contribution < 1.29 is 14.3 Å². The van der Waals surface area contributed by atoms with Crippen molar-refractivity contribution in [1.82, 2.24) is 5.32 Å². The van der Waals surface area contributed by atoms with Crippen LogP contribution in [0.3, 0.4) is 0 Å². The second-order valence-corrected chi connectivity index (χ2v) is 6.23. The topological polar surface area (TPSA) is 47.6 Å². The zero-order valence-corrected chi connectivity index (χ0v) is 15.5. The molecule has 0 fully saturated rings. The van der Waals surface area contributed by atoms with E-state index >= 15 is 0 Å². The number of benzene rings is 2. The van der Waals surface area contributed by atoms with E-state index in [1.54, 1.807) is 32.1 Å². The minimum Gasteiger partial charge on any atom is -0.497 e. The van der Waals surface area contributed by atoms with Gasteiger partial charge >= 0.3 is 0 Å². The number of carbonyl (C=O) groups is 1. The molecule has 0 radical (unpaired) electrons. The Labute approximate surface area is 153 Å². The Morgan fingerprint density at radius 3 is 2.60 bits per heavy atom. The Morgan fingerprint density at radius 2 is 1.96 bits per heavy atom. The number of hydrogen-bond acceptors (Lipinski definition) is 4. The number of carbonyl (C=O) groups excluding carboxylic acids is 1. The lowest BCUT2D eigenvalue weighted by Gasteiger charge is -2.16. The summed E-state index contributed by atoms with van der Waals surface area (Å²) >= 11 is 1.69. The van der Waals surface area contributed by atoms with E-state index in [1.165, 1.54) is 11.0 Å². The second kappa shape index (κ2) is 9.91. The van der Waals surface area contributed by atoms with Crippen LogP contribution in [0, 0.1) is 0 Å². The van der Waals surface area contributed by atoms with Gasteiger partial charge in [0.1, 0.15) is 5.75 Å². The molecule has 0 saturated heterocycles. The van der Waals surface area contributed by atoms with E-state index in [9.17, 15) is 4.79 Å². The highest BCUT2D eigenvalue weighted by molar-refractivity contribution is 7.98. The number of nitrogens with one attached hydrogen (secondary N) is 1. The lowest BCUT2D eigenvalue weighted by atomic mass is 10.1. The third kappa shape index (κ3) is 5.96. The molecule has 0 aliphatic heterocycles. The largest absolute Gasteiger partial charge is 0.497 e. The fourth-order valence-corrected chi connectivity index (χ4v) is 2.73. The van der Waals surface area contributed by atoms with E-state index < -0.39 is 0 Å². The Bertz CT molecular complexity index is 713. The summed E-state index contributed by atoms with van der Waals surface area (Å²) in [6.07, 6.45) is 5.14. The summed E-state index contributed by atoms with van der Waals surface area (Å²) in [6.45, 7) is 0.387. The number of thioether (sulfide) groups is 1. The lowest BCUT2D eigenvalue weighted by molar-refractivity contribution is -0.117. The molecule has 0 heterocycles. The predicted octanol–water partition coefficient (Wildman–Crippen LogP) is 3.93. The molecule has 0 spiro atoms. The Hall–Kier alpha value is -2.24. The van der Waals surface area contributed by atoms with Gasteiger partial charge in [-0.1, -0.05) is 24.3 Å². The minimum absolute atomic E-state index is 0.154. The average molecular weight is 357 g/mol. The molecule has 1 atom stereocenters. The van der Waals surface area contributed by atoms with E-state index in [2.05, 4.69) is 5.32 Å². The van der Waals surface area contributed by atoms with Gasteiger partial charge in [-0.25, -0.2) is 0 Å². The first kappa shape index (κ1) is 19.1. The molecule has 2 rings (SSSR count). The SMILES string of the molecule is COc1cccc(C(CNC(=O)/C=C/c2ccc(SC)cc2)OC)c1. The molecular weight excluding hydrogens is 334 g/mol. The van der Waals surface area contributed by atoms with Crippen LogP contribution in [0.15, 0.2) is 59.5 Å². The highest BCUT2D eigenvalue weighted by atomic mass is 32.2. The molecule has 0 aromatic heterocycles. The van der Waals surface area contributed by atoms with Crippen molar-refractivity contribution in [3.05, 3.63) is 65.7 Å². The van der Waals surface area contributed by atoms with Gasteiger partial charge in [0.15, 0.2) is 0 Å². The third-order valence-electron chi connectivity index (χ3n) is 3.75. The van der Waals surface area contributed by atoms with Crippen molar-refractivity contribution >= 4 is 23.7 Å². The normalized spacial score (nSPS) is 12.1. The number of rotatable bonds is 8. The van der Waals surface area contributed by atoms with Crippen molar-refractivity contribution in [3.63, 3.8) is 0 Å². The Morgan fingerprint density at radius 1 is 1.20 bits per heavy atom. The quantitative estimate of drug-likeness (QED) is 0.574.